The lowest BCUT2D eigenvalue weighted by Crippen LogP contribution is -2.34. The summed E-state index contributed by atoms with van der Waals surface area (Å²) in [6, 6.07) is 11.4. The maximum Gasteiger partial charge on any atom is 0.342 e. The molecule has 1 N–H and O–H groups in total. The molecule has 1 saturated heterocycles. The molecule has 0 spiro atoms. The number of carbonyl (C=O) groups is 1. The van der Waals surface area contributed by atoms with Crippen molar-refractivity contribution in [1.82, 2.24) is 9.88 Å². The van der Waals surface area contributed by atoms with Crippen LogP contribution in [0.4, 0.5) is 0 Å². The Balaban J connectivity index is 1.89. The molecule has 2 aromatic heterocycles. The highest BCUT2D eigenvalue weighted by Crippen LogP contribution is 2.47. The Labute approximate surface area is 192 Å². The maximum absolute atomic E-state index is 13.1. The Morgan fingerprint density at radius 1 is 1.12 bits per heavy atom. The summed E-state index contributed by atoms with van der Waals surface area (Å²) in [5.74, 6) is 0.237. The molecule has 33 heavy (non-hydrogen) atoms. The third-order valence-electron chi connectivity index (χ3n) is 6.57. The number of aromatic hydroxyl groups is 1. The van der Waals surface area contributed by atoms with E-state index in [1.807, 2.05) is 36.4 Å². The van der Waals surface area contributed by atoms with Crippen molar-refractivity contribution in [2.75, 3.05) is 19.7 Å². The number of hydrogen-bond donors (Lipinski definition) is 1. The second kappa shape index (κ2) is 8.87. The van der Waals surface area contributed by atoms with E-state index in [0.29, 0.717) is 33.2 Å². The lowest BCUT2D eigenvalue weighted by atomic mass is 9.88. The average molecular weight is 445 g/mol. The van der Waals surface area contributed by atoms with Crippen molar-refractivity contribution < 1.29 is 19.1 Å². The first-order valence-electron chi connectivity index (χ1n) is 11.6. The standard InChI is InChI=1S/C27H28N2O4/c1-3-32-27(31)21-17(2)33-26-20-10-6-5-9-19(20)25(30)23(22(21)26)24(18-11-13-28-14-12-18)29-15-7-4-8-16-29/h5-6,9-14,24,30H,3-4,7-8,15-16H2,1-2H3/t24-/m1/s1. The number of piperidine rings is 1. The zero-order valence-electron chi connectivity index (χ0n) is 19.0. The van der Waals surface area contributed by atoms with Gasteiger partial charge in [0.15, 0.2) is 0 Å². The summed E-state index contributed by atoms with van der Waals surface area (Å²) in [7, 11) is 0. The van der Waals surface area contributed by atoms with Gasteiger partial charge in [-0.05, 0) is 57.5 Å². The van der Waals surface area contributed by atoms with Crippen LogP contribution in [0.1, 0.15) is 59.5 Å². The SMILES string of the molecule is CCOC(=O)c1c(C)oc2c1c([C@@H](c1ccncc1)N1CCCCC1)c(O)c1ccccc12. The number of aryl methyl sites for hydroxylation is 1. The number of aromatic nitrogens is 1. The zero-order chi connectivity index (χ0) is 22.9. The molecule has 0 bridgehead atoms. The van der Waals surface area contributed by atoms with Crippen LogP contribution < -0.4 is 0 Å². The van der Waals surface area contributed by atoms with Gasteiger partial charge in [-0.15, -0.1) is 0 Å². The van der Waals surface area contributed by atoms with Crippen molar-refractivity contribution in [1.29, 1.82) is 0 Å². The fraction of sp³-hybridized carbons (Fsp3) is 0.333. The maximum atomic E-state index is 13.1. The molecule has 0 amide bonds. The lowest BCUT2D eigenvalue weighted by Gasteiger charge is -2.36. The highest BCUT2D eigenvalue weighted by molar-refractivity contribution is 6.16. The molecule has 4 aromatic rings. The first-order valence-corrected chi connectivity index (χ1v) is 11.6. The topological polar surface area (TPSA) is 75.8 Å². The molecule has 5 rings (SSSR count). The van der Waals surface area contributed by atoms with Crippen molar-refractivity contribution in [2.24, 2.45) is 0 Å². The van der Waals surface area contributed by atoms with E-state index in [1.165, 1.54) is 6.42 Å². The molecule has 1 aliphatic rings. The number of benzene rings is 2. The van der Waals surface area contributed by atoms with Gasteiger partial charge in [0.05, 0.1) is 12.6 Å². The number of phenolic OH excluding ortho intramolecular Hbond substituents is 1. The molecule has 6 heteroatoms. The van der Waals surface area contributed by atoms with Gasteiger partial charge in [0, 0.05) is 34.1 Å². The largest absolute Gasteiger partial charge is 0.507 e. The van der Waals surface area contributed by atoms with Gasteiger partial charge < -0.3 is 14.3 Å². The smallest absolute Gasteiger partial charge is 0.342 e. The van der Waals surface area contributed by atoms with Crippen LogP contribution in [0.5, 0.6) is 5.75 Å². The number of carbonyl (C=O) groups excluding carboxylic acids is 1. The first kappa shape index (κ1) is 21.5. The number of pyridine rings is 1. The Kier molecular flexibility index (Phi) is 5.77. The molecule has 0 saturated carbocycles. The van der Waals surface area contributed by atoms with E-state index in [4.69, 9.17) is 9.15 Å². The minimum absolute atomic E-state index is 0.178. The Morgan fingerprint density at radius 3 is 2.52 bits per heavy atom. The van der Waals surface area contributed by atoms with E-state index in [-0.39, 0.29) is 18.4 Å². The molecule has 1 aliphatic heterocycles. The van der Waals surface area contributed by atoms with Gasteiger partial charge in [0.2, 0.25) is 0 Å². The Hall–Kier alpha value is -3.38. The van der Waals surface area contributed by atoms with E-state index in [9.17, 15) is 9.90 Å². The number of rotatable bonds is 5. The van der Waals surface area contributed by atoms with Gasteiger partial charge in [0.25, 0.3) is 0 Å². The van der Waals surface area contributed by atoms with Crippen LogP contribution in [-0.2, 0) is 4.74 Å². The van der Waals surface area contributed by atoms with Crippen LogP contribution in [0.25, 0.3) is 21.7 Å². The number of fused-ring (bicyclic) bond motifs is 3. The third kappa shape index (κ3) is 3.64. The van der Waals surface area contributed by atoms with E-state index in [2.05, 4.69) is 9.88 Å². The molecule has 170 valence electrons. The number of furan rings is 1. The van der Waals surface area contributed by atoms with Gasteiger partial charge in [-0.2, -0.15) is 0 Å². The molecule has 2 aromatic carbocycles. The molecule has 0 unspecified atom stereocenters. The van der Waals surface area contributed by atoms with Crippen LogP contribution in [0.15, 0.2) is 53.2 Å². The highest BCUT2D eigenvalue weighted by Gasteiger charge is 2.34. The summed E-state index contributed by atoms with van der Waals surface area (Å²) in [6.45, 7) is 5.65. The molecular formula is C27H28N2O4. The van der Waals surface area contributed by atoms with E-state index < -0.39 is 5.97 Å². The van der Waals surface area contributed by atoms with Crippen LogP contribution in [-0.4, -0.2) is 40.7 Å². The molecule has 0 aliphatic carbocycles. The van der Waals surface area contributed by atoms with Crippen molar-refractivity contribution in [3.05, 3.63) is 71.2 Å². The van der Waals surface area contributed by atoms with Gasteiger partial charge in [0.1, 0.15) is 22.7 Å². The number of esters is 1. The van der Waals surface area contributed by atoms with Crippen molar-refractivity contribution in [2.45, 2.75) is 39.2 Å². The third-order valence-corrected chi connectivity index (χ3v) is 6.57. The number of likely N-dealkylation sites (tertiary alicyclic amines) is 1. The number of hydrogen-bond acceptors (Lipinski definition) is 6. The van der Waals surface area contributed by atoms with Crippen LogP contribution in [0, 0.1) is 6.92 Å². The fourth-order valence-corrected chi connectivity index (χ4v) is 5.14. The normalized spacial score (nSPS) is 15.7. The molecule has 3 heterocycles. The Morgan fingerprint density at radius 2 is 1.82 bits per heavy atom. The molecule has 0 radical (unpaired) electrons. The molecule has 1 fully saturated rings. The van der Waals surface area contributed by atoms with Crippen molar-refractivity contribution in [3.63, 3.8) is 0 Å². The summed E-state index contributed by atoms with van der Waals surface area (Å²) in [5.41, 5.74) is 2.71. The second-order valence-corrected chi connectivity index (χ2v) is 8.55. The minimum Gasteiger partial charge on any atom is -0.507 e. The summed E-state index contributed by atoms with van der Waals surface area (Å²) in [6.07, 6.45) is 6.92. The summed E-state index contributed by atoms with van der Waals surface area (Å²) in [4.78, 5) is 19.7. The average Bonchev–Trinajstić information content (AvgIpc) is 3.20. The fourth-order valence-electron chi connectivity index (χ4n) is 5.14. The van der Waals surface area contributed by atoms with Crippen LogP contribution in [0.2, 0.25) is 0 Å². The lowest BCUT2D eigenvalue weighted by molar-refractivity contribution is 0.0526. The number of nitrogens with zero attached hydrogens (tertiary/aromatic N) is 2. The van der Waals surface area contributed by atoms with Crippen molar-refractivity contribution in [3.8, 4) is 5.75 Å². The summed E-state index contributed by atoms with van der Waals surface area (Å²) >= 11 is 0. The predicted molar refractivity (Wildman–Crippen MR) is 128 cm³/mol. The molecule has 1 atom stereocenters. The summed E-state index contributed by atoms with van der Waals surface area (Å²) in [5, 5.41) is 13.8. The predicted octanol–water partition coefficient (Wildman–Crippen LogP) is 5.75. The Bertz CT molecular complexity index is 1310. The number of phenols is 1. The summed E-state index contributed by atoms with van der Waals surface area (Å²) < 4.78 is 11.6. The first-order chi connectivity index (χ1) is 16.1. The molecule has 6 nitrogen and oxygen atoms in total. The highest BCUT2D eigenvalue weighted by atomic mass is 16.5. The van der Waals surface area contributed by atoms with E-state index in [0.717, 1.165) is 36.9 Å². The molecular weight excluding hydrogens is 416 g/mol. The van der Waals surface area contributed by atoms with E-state index in [1.54, 1.807) is 26.2 Å². The van der Waals surface area contributed by atoms with Gasteiger partial charge in [-0.25, -0.2) is 4.79 Å². The van der Waals surface area contributed by atoms with Gasteiger partial charge in [-0.1, -0.05) is 30.7 Å². The number of ether oxygens (including phenoxy) is 1. The monoisotopic (exact) mass is 444 g/mol. The quantitative estimate of drug-likeness (QED) is 0.395. The van der Waals surface area contributed by atoms with Gasteiger partial charge >= 0.3 is 5.97 Å². The van der Waals surface area contributed by atoms with E-state index >= 15 is 0 Å². The van der Waals surface area contributed by atoms with Crippen LogP contribution in [0.3, 0.4) is 0 Å². The zero-order valence-corrected chi connectivity index (χ0v) is 19.0. The van der Waals surface area contributed by atoms with Gasteiger partial charge in [-0.3, -0.25) is 9.88 Å². The minimum atomic E-state index is -0.434. The van der Waals surface area contributed by atoms with Crippen LogP contribution >= 0.6 is 0 Å². The second-order valence-electron chi connectivity index (χ2n) is 8.55. The van der Waals surface area contributed by atoms with Crippen molar-refractivity contribution >= 4 is 27.7 Å².